The Morgan fingerprint density at radius 1 is 1.23 bits per heavy atom. The maximum Gasteiger partial charge on any atom is 0.331 e. The third-order valence-corrected chi connectivity index (χ3v) is 6.75. The molecule has 2 aromatic rings. The molecule has 0 spiro atoms. The Hall–Kier alpha value is -1.97. The molecule has 0 saturated heterocycles. The zero-order valence-corrected chi connectivity index (χ0v) is 15.8. The van der Waals surface area contributed by atoms with Crippen molar-refractivity contribution in [3.63, 3.8) is 0 Å². The molecule has 0 amide bonds. The number of aliphatic hydroxyl groups is 1. The number of benzene rings is 1. The lowest BCUT2D eigenvalue weighted by Gasteiger charge is -2.16. The van der Waals surface area contributed by atoms with Crippen molar-refractivity contribution in [1.29, 1.82) is 0 Å². The molecule has 3 rings (SSSR count). The van der Waals surface area contributed by atoms with E-state index < -0.39 is 26.8 Å². The van der Waals surface area contributed by atoms with Crippen molar-refractivity contribution in [3.8, 4) is 0 Å². The van der Waals surface area contributed by atoms with Crippen molar-refractivity contribution in [1.82, 2.24) is 13.9 Å². The maximum atomic E-state index is 12.7. The summed E-state index contributed by atoms with van der Waals surface area (Å²) in [5.74, 6) is -0.111. The first-order valence-corrected chi connectivity index (χ1v) is 10.1. The van der Waals surface area contributed by atoms with Gasteiger partial charge >= 0.3 is 5.69 Å². The molecular weight excluding hydrogens is 358 g/mol. The number of nitrogens with one attached hydrogen (secondary N) is 1. The SMILES string of the molecule is CCn1c(=O)c2cc(S(=O)(=O)N[C@@]3(C)C[C@@H]3CO)ccc2n(CC)c1=O. The second kappa shape index (κ2) is 6.33. The Bertz CT molecular complexity index is 1090. The third-order valence-electron chi connectivity index (χ3n) is 5.14. The van der Waals surface area contributed by atoms with Gasteiger partial charge in [-0.1, -0.05) is 0 Å². The molecule has 1 aliphatic carbocycles. The first-order valence-electron chi connectivity index (χ1n) is 8.60. The monoisotopic (exact) mass is 381 g/mol. The van der Waals surface area contributed by atoms with E-state index in [4.69, 9.17) is 0 Å². The Morgan fingerprint density at radius 3 is 2.42 bits per heavy atom. The van der Waals surface area contributed by atoms with E-state index in [0.717, 1.165) is 4.57 Å². The number of hydrogen-bond acceptors (Lipinski definition) is 5. The van der Waals surface area contributed by atoms with Gasteiger partial charge in [-0.2, -0.15) is 0 Å². The van der Waals surface area contributed by atoms with Crippen LogP contribution in [0.25, 0.3) is 10.9 Å². The molecule has 9 heteroatoms. The number of fused-ring (bicyclic) bond motifs is 1. The Kier molecular flexibility index (Phi) is 4.58. The fraction of sp³-hybridized carbons (Fsp3) is 0.529. The summed E-state index contributed by atoms with van der Waals surface area (Å²) in [6, 6.07) is 4.21. The van der Waals surface area contributed by atoms with Gasteiger partial charge < -0.3 is 5.11 Å². The largest absolute Gasteiger partial charge is 0.396 e. The number of aryl methyl sites for hydroxylation is 1. The highest BCUT2D eigenvalue weighted by Gasteiger charge is 2.52. The van der Waals surface area contributed by atoms with Crippen LogP contribution in [0.3, 0.4) is 0 Å². The van der Waals surface area contributed by atoms with Crippen molar-refractivity contribution in [2.24, 2.45) is 5.92 Å². The van der Waals surface area contributed by atoms with Gasteiger partial charge in [0.15, 0.2) is 0 Å². The Morgan fingerprint density at radius 2 is 1.88 bits per heavy atom. The average Bonchev–Trinajstić information content (AvgIpc) is 3.24. The Balaban J connectivity index is 2.15. The fourth-order valence-corrected chi connectivity index (χ4v) is 4.87. The molecule has 26 heavy (non-hydrogen) atoms. The van der Waals surface area contributed by atoms with Gasteiger partial charge in [0.05, 0.1) is 15.8 Å². The van der Waals surface area contributed by atoms with E-state index in [1.54, 1.807) is 20.8 Å². The van der Waals surface area contributed by atoms with E-state index in [9.17, 15) is 23.1 Å². The highest BCUT2D eigenvalue weighted by Crippen LogP contribution is 2.43. The molecule has 0 bridgehead atoms. The summed E-state index contributed by atoms with van der Waals surface area (Å²) in [5.41, 5.74) is -1.16. The Labute approximate surface area is 151 Å². The van der Waals surface area contributed by atoms with Gasteiger partial charge in [0, 0.05) is 31.2 Å². The van der Waals surface area contributed by atoms with Gasteiger partial charge in [0.1, 0.15) is 0 Å². The molecule has 2 atom stereocenters. The lowest BCUT2D eigenvalue weighted by Crippen LogP contribution is -2.40. The van der Waals surface area contributed by atoms with Crippen LogP contribution in [0.5, 0.6) is 0 Å². The lowest BCUT2D eigenvalue weighted by atomic mass is 10.2. The molecule has 1 heterocycles. The van der Waals surface area contributed by atoms with Crippen molar-refractivity contribution in [3.05, 3.63) is 39.0 Å². The van der Waals surface area contributed by atoms with Crippen LogP contribution in [0.1, 0.15) is 27.2 Å². The molecular formula is C17H23N3O5S. The summed E-state index contributed by atoms with van der Waals surface area (Å²) in [6.07, 6.45) is 0.564. The van der Waals surface area contributed by atoms with Crippen LogP contribution in [-0.4, -0.2) is 34.8 Å². The number of hydrogen-bond donors (Lipinski definition) is 2. The molecule has 0 unspecified atom stereocenters. The van der Waals surface area contributed by atoms with Crippen LogP contribution in [0.2, 0.25) is 0 Å². The van der Waals surface area contributed by atoms with Crippen LogP contribution >= 0.6 is 0 Å². The molecule has 0 radical (unpaired) electrons. The van der Waals surface area contributed by atoms with Crippen LogP contribution in [0, 0.1) is 5.92 Å². The summed E-state index contributed by atoms with van der Waals surface area (Å²) in [6.45, 7) is 5.72. The van der Waals surface area contributed by atoms with Crippen molar-refractivity contribution in [2.75, 3.05) is 6.61 Å². The lowest BCUT2D eigenvalue weighted by molar-refractivity contribution is 0.263. The highest BCUT2D eigenvalue weighted by atomic mass is 32.2. The van der Waals surface area contributed by atoms with E-state index in [-0.39, 0.29) is 29.4 Å². The van der Waals surface area contributed by atoms with Gasteiger partial charge in [-0.05, 0) is 45.4 Å². The molecule has 1 aromatic carbocycles. The first kappa shape index (κ1) is 18.8. The topological polar surface area (TPSA) is 110 Å². The van der Waals surface area contributed by atoms with E-state index >= 15 is 0 Å². The number of aliphatic hydroxyl groups excluding tert-OH is 1. The molecule has 1 fully saturated rings. The average molecular weight is 381 g/mol. The molecule has 8 nitrogen and oxygen atoms in total. The second-order valence-electron chi connectivity index (χ2n) is 6.86. The van der Waals surface area contributed by atoms with Crippen molar-refractivity contribution < 1.29 is 13.5 Å². The summed E-state index contributed by atoms with van der Waals surface area (Å²) in [5, 5.41) is 9.41. The third kappa shape index (κ3) is 2.89. The van der Waals surface area contributed by atoms with Crippen molar-refractivity contribution >= 4 is 20.9 Å². The summed E-state index contributed by atoms with van der Waals surface area (Å²) in [4.78, 5) is 25.0. The minimum absolute atomic E-state index is 0.0316. The fourth-order valence-electron chi connectivity index (χ4n) is 3.36. The number of rotatable bonds is 6. The normalized spacial score (nSPS) is 22.7. The van der Waals surface area contributed by atoms with Gasteiger partial charge in [0.25, 0.3) is 5.56 Å². The molecule has 1 aliphatic rings. The summed E-state index contributed by atoms with van der Waals surface area (Å²) in [7, 11) is -3.85. The second-order valence-corrected chi connectivity index (χ2v) is 8.54. The number of nitrogens with zero attached hydrogens (tertiary/aromatic N) is 2. The maximum absolute atomic E-state index is 12.7. The predicted molar refractivity (Wildman–Crippen MR) is 97.7 cm³/mol. The quantitative estimate of drug-likeness (QED) is 0.745. The summed E-state index contributed by atoms with van der Waals surface area (Å²) >= 11 is 0. The first-order chi connectivity index (χ1) is 12.2. The minimum Gasteiger partial charge on any atom is -0.396 e. The molecule has 1 aromatic heterocycles. The molecule has 2 N–H and O–H groups in total. The van der Waals surface area contributed by atoms with Gasteiger partial charge in [0.2, 0.25) is 10.0 Å². The van der Waals surface area contributed by atoms with E-state index in [2.05, 4.69) is 4.72 Å². The number of sulfonamides is 1. The predicted octanol–water partition coefficient (Wildman–Crippen LogP) is 0.252. The van der Waals surface area contributed by atoms with E-state index in [1.807, 2.05) is 0 Å². The summed E-state index contributed by atoms with van der Waals surface area (Å²) < 4.78 is 30.6. The van der Waals surface area contributed by atoms with Crippen LogP contribution in [-0.2, 0) is 23.1 Å². The minimum atomic E-state index is -3.85. The molecule has 1 saturated carbocycles. The smallest absolute Gasteiger partial charge is 0.331 e. The standard InChI is InChI=1S/C17H23N3O5S/c1-4-19-14-7-6-12(8-13(14)15(22)20(5-2)16(19)23)26(24,25)18-17(3)9-11(17)10-21/h6-8,11,18,21H,4-5,9-10H2,1-3H3/t11-,17+/m1/s1. The number of aromatic nitrogens is 2. The molecule has 142 valence electrons. The van der Waals surface area contributed by atoms with Crippen LogP contribution in [0.4, 0.5) is 0 Å². The van der Waals surface area contributed by atoms with Gasteiger partial charge in [-0.15, -0.1) is 0 Å². The van der Waals surface area contributed by atoms with Gasteiger partial charge in [-0.3, -0.25) is 13.9 Å². The van der Waals surface area contributed by atoms with Crippen LogP contribution in [0.15, 0.2) is 32.7 Å². The zero-order valence-electron chi connectivity index (χ0n) is 15.0. The van der Waals surface area contributed by atoms with Crippen molar-refractivity contribution in [2.45, 2.75) is 50.7 Å². The highest BCUT2D eigenvalue weighted by molar-refractivity contribution is 7.89. The zero-order chi connectivity index (χ0) is 19.3. The van der Waals surface area contributed by atoms with E-state index in [0.29, 0.717) is 18.5 Å². The van der Waals surface area contributed by atoms with Gasteiger partial charge in [-0.25, -0.2) is 17.9 Å². The van der Waals surface area contributed by atoms with E-state index in [1.165, 1.54) is 22.8 Å². The molecule has 0 aliphatic heterocycles. The van der Waals surface area contributed by atoms with Crippen LogP contribution < -0.4 is 16.0 Å².